The van der Waals surface area contributed by atoms with Crippen molar-refractivity contribution in [3.63, 3.8) is 0 Å². The Morgan fingerprint density at radius 1 is 1.22 bits per heavy atom. The number of nitrogens with zero attached hydrogens (tertiary/aromatic N) is 2. The molecule has 2 atom stereocenters. The lowest BCUT2D eigenvalue weighted by Gasteiger charge is -2.33. The number of carbonyl (C=O) groups is 2. The van der Waals surface area contributed by atoms with Crippen LogP contribution in [0.1, 0.15) is 50.3 Å². The molecule has 1 aliphatic heterocycles. The molecule has 1 aromatic heterocycles. The van der Waals surface area contributed by atoms with Gasteiger partial charge in [-0.05, 0) is 32.4 Å². The summed E-state index contributed by atoms with van der Waals surface area (Å²) in [7, 11) is 4.55. The fourth-order valence-corrected chi connectivity index (χ4v) is 3.31. The maximum Gasteiger partial charge on any atom is 0.410 e. The van der Waals surface area contributed by atoms with Gasteiger partial charge in [-0.1, -0.05) is 0 Å². The van der Waals surface area contributed by atoms with Crippen molar-refractivity contribution in [1.29, 1.82) is 0 Å². The summed E-state index contributed by atoms with van der Waals surface area (Å²) in [5, 5.41) is 0. The van der Waals surface area contributed by atoms with E-state index in [1.807, 2.05) is 26.8 Å². The molecule has 0 N–H and O–H groups in total. The van der Waals surface area contributed by atoms with Gasteiger partial charge < -0.3 is 33.3 Å². The number of rotatable bonds is 10. The van der Waals surface area contributed by atoms with Gasteiger partial charge in [0.15, 0.2) is 0 Å². The van der Waals surface area contributed by atoms with Gasteiger partial charge >= 0.3 is 6.09 Å². The summed E-state index contributed by atoms with van der Waals surface area (Å²) in [5.74, 6) is -0.146. The second-order valence-electron chi connectivity index (χ2n) is 8.40. The lowest BCUT2D eigenvalue weighted by atomic mass is 9.89. The highest BCUT2D eigenvalue weighted by atomic mass is 16.7. The smallest absolute Gasteiger partial charge is 0.410 e. The Labute approximate surface area is 189 Å². The predicted molar refractivity (Wildman–Crippen MR) is 114 cm³/mol. The fourth-order valence-electron chi connectivity index (χ4n) is 3.31. The summed E-state index contributed by atoms with van der Waals surface area (Å²) in [5.41, 5.74) is 0.661. The van der Waals surface area contributed by atoms with Crippen LogP contribution in [0.3, 0.4) is 0 Å². The van der Waals surface area contributed by atoms with Crippen molar-refractivity contribution in [2.24, 2.45) is 0 Å². The van der Waals surface area contributed by atoms with Crippen LogP contribution in [0.4, 0.5) is 4.79 Å². The van der Waals surface area contributed by atoms with Gasteiger partial charge in [-0.3, -0.25) is 4.79 Å². The predicted octanol–water partition coefficient (Wildman–Crippen LogP) is 2.67. The van der Waals surface area contributed by atoms with E-state index in [1.54, 1.807) is 11.1 Å². The minimum absolute atomic E-state index is 0.0309. The van der Waals surface area contributed by atoms with Crippen LogP contribution in [0.25, 0.3) is 0 Å². The molecule has 1 saturated heterocycles. The number of ether oxygens (including phenoxy) is 6. The Morgan fingerprint density at radius 2 is 1.94 bits per heavy atom. The molecule has 1 amide bonds. The van der Waals surface area contributed by atoms with Crippen molar-refractivity contribution < 1.29 is 38.0 Å². The van der Waals surface area contributed by atoms with Crippen molar-refractivity contribution >= 4 is 11.9 Å². The fraction of sp³-hybridized carbons (Fsp3) is 0.682. The summed E-state index contributed by atoms with van der Waals surface area (Å²) in [6.45, 7) is 6.25. The molecule has 10 nitrogen and oxygen atoms in total. The minimum Gasteiger partial charge on any atom is -0.481 e. The number of hydrogen-bond acceptors (Lipinski definition) is 9. The number of carbonyl (C=O) groups excluding carboxylic acids is 2. The number of ketones is 1. The molecule has 2 unspecified atom stereocenters. The van der Waals surface area contributed by atoms with Crippen molar-refractivity contribution in [1.82, 2.24) is 9.88 Å². The summed E-state index contributed by atoms with van der Waals surface area (Å²) in [4.78, 5) is 31.2. The third-order valence-corrected chi connectivity index (χ3v) is 4.77. The van der Waals surface area contributed by atoms with Crippen molar-refractivity contribution in [2.75, 3.05) is 54.6 Å². The Morgan fingerprint density at radius 3 is 2.56 bits per heavy atom. The summed E-state index contributed by atoms with van der Waals surface area (Å²) in [6.07, 6.45) is 0.831. The molecule has 180 valence electrons. The van der Waals surface area contributed by atoms with Crippen LogP contribution in [0.5, 0.6) is 5.88 Å². The molecular weight excluding hydrogens is 420 g/mol. The molecule has 10 heteroatoms. The number of likely N-dealkylation sites (tertiary alicyclic amines) is 1. The first kappa shape index (κ1) is 26.0. The van der Waals surface area contributed by atoms with Crippen LogP contribution in [-0.4, -0.2) is 82.0 Å². The van der Waals surface area contributed by atoms with E-state index in [1.165, 1.54) is 21.3 Å². The summed E-state index contributed by atoms with van der Waals surface area (Å²) < 4.78 is 32.1. The number of Topliss-reactive ketones (excluding diaryl/α,β-unsaturated/α-hetero) is 1. The van der Waals surface area contributed by atoms with Crippen LogP contribution in [0.15, 0.2) is 12.3 Å². The number of amides is 1. The van der Waals surface area contributed by atoms with E-state index in [2.05, 4.69) is 4.98 Å². The first-order chi connectivity index (χ1) is 15.2. The number of pyridine rings is 1. The lowest BCUT2D eigenvalue weighted by Crippen LogP contribution is -2.45. The zero-order valence-corrected chi connectivity index (χ0v) is 19.7. The number of hydrogen-bond donors (Lipinski definition) is 0. The normalized spacial score (nSPS) is 17.9. The minimum atomic E-state index is -0.614. The van der Waals surface area contributed by atoms with E-state index in [-0.39, 0.29) is 38.9 Å². The highest BCUT2D eigenvalue weighted by Crippen LogP contribution is 2.32. The van der Waals surface area contributed by atoms with E-state index >= 15 is 0 Å². The van der Waals surface area contributed by atoms with Crippen molar-refractivity contribution in [3.05, 3.63) is 23.4 Å². The largest absolute Gasteiger partial charge is 0.481 e. The quantitative estimate of drug-likeness (QED) is 0.390. The van der Waals surface area contributed by atoms with Crippen LogP contribution in [0.2, 0.25) is 0 Å². The van der Waals surface area contributed by atoms with Crippen molar-refractivity contribution in [2.45, 2.75) is 44.8 Å². The highest BCUT2D eigenvalue weighted by molar-refractivity contribution is 5.88. The molecule has 1 aliphatic rings. The molecular formula is C22H34N2O8. The van der Waals surface area contributed by atoms with E-state index < -0.39 is 23.7 Å². The molecule has 1 fully saturated rings. The van der Waals surface area contributed by atoms with E-state index in [4.69, 9.17) is 28.4 Å². The molecule has 2 rings (SSSR count). The molecule has 0 aliphatic carbocycles. The van der Waals surface area contributed by atoms with Crippen LogP contribution >= 0.6 is 0 Å². The van der Waals surface area contributed by atoms with Gasteiger partial charge in [-0.25, -0.2) is 9.78 Å². The third-order valence-electron chi connectivity index (χ3n) is 4.77. The van der Waals surface area contributed by atoms with Gasteiger partial charge in [0.25, 0.3) is 0 Å². The molecule has 0 spiro atoms. The maximum atomic E-state index is 12.7. The molecule has 0 radical (unpaired) electrons. The average molecular weight is 455 g/mol. The second kappa shape index (κ2) is 12.1. The third kappa shape index (κ3) is 7.40. The van der Waals surface area contributed by atoms with Crippen LogP contribution in [0, 0.1) is 0 Å². The zero-order valence-electron chi connectivity index (χ0n) is 19.7. The molecule has 32 heavy (non-hydrogen) atoms. The summed E-state index contributed by atoms with van der Waals surface area (Å²) >= 11 is 0. The molecule has 2 heterocycles. The van der Waals surface area contributed by atoms with E-state index in [0.29, 0.717) is 23.6 Å². The Hall–Kier alpha value is -2.27. The standard InChI is InChI=1S/C22H34N2O8/c1-22(2,3)32-21(26)24-8-7-18(25)17(11-24)15-9-16(20(29-6)23-10-15)19(31-14-28-5)12-30-13-27-4/h9-10,17,19H,7-8,11-14H2,1-6H3. The maximum absolute atomic E-state index is 12.7. The lowest BCUT2D eigenvalue weighted by molar-refractivity contribution is -0.123. The summed E-state index contributed by atoms with van der Waals surface area (Å²) in [6, 6.07) is 1.81. The first-order valence-corrected chi connectivity index (χ1v) is 10.4. The number of aromatic nitrogens is 1. The Balaban J connectivity index is 2.29. The average Bonchev–Trinajstić information content (AvgIpc) is 2.75. The number of methoxy groups -OCH3 is 3. The van der Waals surface area contributed by atoms with Gasteiger partial charge in [0.05, 0.1) is 19.6 Å². The van der Waals surface area contributed by atoms with Gasteiger partial charge in [0, 0.05) is 45.5 Å². The Bertz CT molecular complexity index is 765. The molecule has 0 bridgehead atoms. The van der Waals surface area contributed by atoms with Gasteiger partial charge in [0.1, 0.15) is 31.1 Å². The zero-order chi connectivity index (χ0) is 23.7. The van der Waals surface area contributed by atoms with Crippen LogP contribution < -0.4 is 4.74 Å². The second-order valence-corrected chi connectivity index (χ2v) is 8.40. The number of piperidine rings is 1. The first-order valence-electron chi connectivity index (χ1n) is 10.4. The molecule has 0 aromatic carbocycles. The van der Waals surface area contributed by atoms with E-state index in [0.717, 1.165) is 0 Å². The van der Waals surface area contributed by atoms with Gasteiger partial charge in [-0.15, -0.1) is 0 Å². The van der Waals surface area contributed by atoms with Gasteiger partial charge in [0.2, 0.25) is 5.88 Å². The van der Waals surface area contributed by atoms with Crippen LogP contribution in [-0.2, 0) is 28.5 Å². The topological polar surface area (TPSA) is 106 Å². The van der Waals surface area contributed by atoms with E-state index in [9.17, 15) is 9.59 Å². The highest BCUT2D eigenvalue weighted by Gasteiger charge is 2.34. The Kier molecular flexibility index (Phi) is 9.83. The monoisotopic (exact) mass is 454 g/mol. The van der Waals surface area contributed by atoms with Gasteiger partial charge in [-0.2, -0.15) is 0 Å². The van der Waals surface area contributed by atoms with Crippen molar-refractivity contribution in [3.8, 4) is 5.88 Å². The molecule has 1 aromatic rings. The SMILES string of the molecule is COCOCC(OCOC)c1cc(C2CN(C(=O)OC(C)(C)C)CCC2=O)cnc1OC. The molecule has 0 saturated carbocycles.